The van der Waals surface area contributed by atoms with Crippen LogP contribution < -0.4 is 5.32 Å². The van der Waals surface area contributed by atoms with Crippen molar-refractivity contribution in [2.45, 2.75) is 65.0 Å². The molecule has 1 N–H and O–H groups in total. The van der Waals surface area contributed by atoms with E-state index in [1.807, 2.05) is 0 Å². The van der Waals surface area contributed by atoms with Crippen molar-refractivity contribution in [2.75, 3.05) is 19.6 Å². The molecule has 1 aliphatic heterocycles. The first kappa shape index (κ1) is 13.9. The Hall–Kier alpha value is -0.0800. The van der Waals surface area contributed by atoms with E-state index >= 15 is 0 Å². The first-order valence-electron chi connectivity index (χ1n) is 8.68. The molecule has 0 bridgehead atoms. The predicted molar refractivity (Wildman–Crippen MR) is 81.2 cm³/mol. The van der Waals surface area contributed by atoms with Gasteiger partial charge in [-0.15, -0.1) is 0 Å². The van der Waals surface area contributed by atoms with E-state index in [9.17, 15) is 0 Å². The molecule has 2 aliphatic carbocycles. The van der Waals surface area contributed by atoms with Crippen LogP contribution in [0.1, 0.15) is 52.9 Å². The Morgan fingerprint density at radius 1 is 1.05 bits per heavy atom. The van der Waals surface area contributed by atoms with E-state index in [2.05, 4.69) is 31.0 Å². The van der Waals surface area contributed by atoms with E-state index in [0.717, 1.165) is 42.3 Å². The number of nitrogens with one attached hydrogen (secondary N) is 1. The summed E-state index contributed by atoms with van der Waals surface area (Å²) in [5.74, 6) is 4.04. The first-order chi connectivity index (χ1) is 9.20. The SMILES string of the molecule is CCNC1CCN(CC(C2CC2)C2CC2)C(C)C1C. The highest BCUT2D eigenvalue weighted by molar-refractivity contribution is 4.96. The number of piperidine rings is 1. The zero-order valence-electron chi connectivity index (χ0n) is 13.1. The van der Waals surface area contributed by atoms with Crippen LogP contribution in [-0.4, -0.2) is 36.6 Å². The van der Waals surface area contributed by atoms with E-state index in [1.54, 1.807) is 0 Å². The molecule has 0 amide bonds. The van der Waals surface area contributed by atoms with Crippen molar-refractivity contribution in [1.29, 1.82) is 0 Å². The minimum Gasteiger partial charge on any atom is -0.314 e. The van der Waals surface area contributed by atoms with E-state index in [0.29, 0.717) is 0 Å². The monoisotopic (exact) mass is 264 g/mol. The summed E-state index contributed by atoms with van der Waals surface area (Å²) in [6.45, 7) is 11.0. The van der Waals surface area contributed by atoms with Gasteiger partial charge in [0.1, 0.15) is 0 Å². The smallest absolute Gasteiger partial charge is 0.0120 e. The van der Waals surface area contributed by atoms with Gasteiger partial charge in [0.25, 0.3) is 0 Å². The van der Waals surface area contributed by atoms with Crippen LogP contribution in [0.25, 0.3) is 0 Å². The molecule has 3 aliphatic rings. The molecule has 3 unspecified atom stereocenters. The van der Waals surface area contributed by atoms with Crippen LogP contribution >= 0.6 is 0 Å². The van der Waals surface area contributed by atoms with Crippen molar-refractivity contribution < 1.29 is 0 Å². The van der Waals surface area contributed by atoms with Gasteiger partial charge < -0.3 is 5.32 Å². The minimum absolute atomic E-state index is 0.747. The van der Waals surface area contributed by atoms with Crippen LogP contribution in [0.4, 0.5) is 0 Å². The number of likely N-dealkylation sites (tertiary alicyclic amines) is 1. The van der Waals surface area contributed by atoms with Gasteiger partial charge in [-0.3, -0.25) is 4.90 Å². The summed E-state index contributed by atoms with van der Waals surface area (Å²) in [5, 5.41) is 3.68. The maximum atomic E-state index is 3.68. The second-order valence-corrected chi connectivity index (χ2v) is 7.39. The second-order valence-electron chi connectivity index (χ2n) is 7.39. The molecule has 1 heterocycles. The normalized spacial score (nSPS) is 36.9. The first-order valence-corrected chi connectivity index (χ1v) is 8.68. The number of hydrogen-bond acceptors (Lipinski definition) is 2. The number of hydrogen-bond donors (Lipinski definition) is 1. The summed E-state index contributed by atoms with van der Waals surface area (Å²) < 4.78 is 0. The summed E-state index contributed by atoms with van der Waals surface area (Å²) in [6.07, 6.45) is 7.46. The van der Waals surface area contributed by atoms with Gasteiger partial charge in [0.05, 0.1) is 0 Å². The standard InChI is InChI=1S/C17H32N2/c1-4-18-17-9-10-19(13(3)12(17)2)11-16(14-5-6-14)15-7-8-15/h12-18H,4-11H2,1-3H3. The van der Waals surface area contributed by atoms with Crippen LogP contribution in [0.2, 0.25) is 0 Å². The predicted octanol–water partition coefficient (Wildman–Crippen LogP) is 3.13. The highest BCUT2D eigenvalue weighted by Crippen LogP contribution is 2.49. The van der Waals surface area contributed by atoms with Gasteiger partial charge in [-0.25, -0.2) is 0 Å². The van der Waals surface area contributed by atoms with Crippen molar-refractivity contribution in [3.8, 4) is 0 Å². The zero-order chi connectivity index (χ0) is 13.4. The third-order valence-corrected chi connectivity index (χ3v) is 6.07. The summed E-state index contributed by atoms with van der Waals surface area (Å²) >= 11 is 0. The van der Waals surface area contributed by atoms with Gasteiger partial charge in [0, 0.05) is 18.6 Å². The Balaban J connectivity index is 1.56. The molecule has 0 radical (unpaired) electrons. The Morgan fingerprint density at radius 2 is 1.68 bits per heavy atom. The molecule has 3 fully saturated rings. The quantitative estimate of drug-likeness (QED) is 0.793. The van der Waals surface area contributed by atoms with Crippen LogP contribution in [0.5, 0.6) is 0 Å². The van der Waals surface area contributed by atoms with E-state index in [1.165, 1.54) is 45.2 Å². The maximum absolute atomic E-state index is 3.68. The van der Waals surface area contributed by atoms with Crippen molar-refractivity contribution in [2.24, 2.45) is 23.7 Å². The second kappa shape index (κ2) is 5.73. The lowest BCUT2D eigenvalue weighted by molar-refractivity contribution is 0.0634. The third-order valence-electron chi connectivity index (χ3n) is 6.07. The molecule has 3 atom stereocenters. The topological polar surface area (TPSA) is 15.3 Å². The molecule has 3 rings (SSSR count). The van der Waals surface area contributed by atoms with Gasteiger partial charge in [-0.1, -0.05) is 13.8 Å². The lowest BCUT2D eigenvalue weighted by atomic mass is 9.85. The Bertz CT molecular complexity index is 284. The van der Waals surface area contributed by atoms with Gasteiger partial charge in [-0.05, 0) is 75.8 Å². The Kier molecular flexibility index (Phi) is 4.19. The van der Waals surface area contributed by atoms with Crippen LogP contribution in [-0.2, 0) is 0 Å². The summed E-state index contributed by atoms with van der Waals surface area (Å²) in [7, 11) is 0. The van der Waals surface area contributed by atoms with Crippen molar-refractivity contribution in [1.82, 2.24) is 10.2 Å². The summed E-state index contributed by atoms with van der Waals surface area (Å²) in [5.41, 5.74) is 0. The lowest BCUT2D eigenvalue weighted by Gasteiger charge is -2.44. The Labute approximate surface area is 119 Å². The third kappa shape index (κ3) is 3.16. The number of nitrogens with zero attached hydrogens (tertiary/aromatic N) is 1. The largest absolute Gasteiger partial charge is 0.314 e. The lowest BCUT2D eigenvalue weighted by Crippen LogP contribution is -2.54. The molecule has 2 heteroatoms. The summed E-state index contributed by atoms with van der Waals surface area (Å²) in [4.78, 5) is 2.82. The molecular formula is C17H32N2. The van der Waals surface area contributed by atoms with Crippen molar-refractivity contribution in [3.05, 3.63) is 0 Å². The van der Waals surface area contributed by atoms with E-state index in [4.69, 9.17) is 0 Å². The summed E-state index contributed by atoms with van der Waals surface area (Å²) in [6, 6.07) is 1.51. The number of rotatable bonds is 6. The van der Waals surface area contributed by atoms with E-state index in [-0.39, 0.29) is 0 Å². The zero-order valence-corrected chi connectivity index (χ0v) is 13.1. The van der Waals surface area contributed by atoms with Gasteiger partial charge in [0.15, 0.2) is 0 Å². The molecule has 0 aromatic rings. The molecular weight excluding hydrogens is 232 g/mol. The fourth-order valence-electron chi connectivity index (χ4n) is 4.25. The average Bonchev–Trinajstić information content (AvgIpc) is 3.27. The van der Waals surface area contributed by atoms with E-state index < -0.39 is 0 Å². The van der Waals surface area contributed by atoms with Crippen LogP contribution in [0.3, 0.4) is 0 Å². The molecule has 110 valence electrons. The highest BCUT2D eigenvalue weighted by Gasteiger charge is 2.43. The highest BCUT2D eigenvalue weighted by atomic mass is 15.2. The molecule has 1 saturated heterocycles. The van der Waals surface area contributed by atoms with Gasteiger partial charge >= 0.3 is 0 Å². The van der Waals surface area contributed by atoms with Gasteiger partial charge in [0.2, 0.25) is 0 Å². The molecule has 0 aromatic carbocycles. The Morgan fingerprint density at radius 3 is 2.21 bits per heavy atom. The van der Waals surface area contributed by atoms with Crippen LogP contribution in [0.15, 0.2) is 0 Å². The fourth-order valence-corrected chi connectivity index (χ4v) is 4.25. The molecule has 0 spiro atoms. The minimum atomic E-state index is 0.747. The molecule has 2 saturated carbocycles. The van der Waals surface area contributed by atoms with Crippen molar-refractivity contribution in [3.63, 3.8) is 0 Å². The average molecular weight is 264 g/mol. The van der Waals surface area contributed by atoms with Crippen molar-refractivity contribution >= 4 is 0 Å². The maximum Gasteiger partial charge on any atom is 0.0120 e. The molecule has 2 nitrogen and oxygen atoms in total. The molecule has 0 aromatic heterocycles. The fraction of sp³-hybridized carbons (Fsp3) is 1.00. The molecule has 19 heavy (non-hydrogen) atoms. The van der Waals surface area contributed by atoms with Crippen LogP contribution in [0, 0.1) is 23.7 Å². The van der Waals surface area contributed by atoms with Gasteiger partial charge in [-0.2, -0.15) is 0 Å².